The predicted molar refractivity (Wildman–Crippen MR) is 117 cm³/mol. The Balaban J connectivity index is 1.52. The maximum absolute atomic E-state index is 13.3. The Labute approximate surface area is 178 Å². The quantitative estimate of drug-likeness (QED) is 0.569. The molecule has 0 saturated heterocycles. The van der Waals surface area contributed by atoms with Gasteiger partial charge in [-0.3, -0.25) is 14.5 Å². The summed E-state index contributed by atoms with van der Waals surface area (Å²) in [5.41, 5.74) is 0.651. The van der Waals surface area contributed by atoms with Crippen LogP contribution >= 0.6 is 22.7 Å². The fraction of sp³-hybridized carbons (Fsp3) is 0.273. The van der Waals surface area contributed by atoms with Crippen LogP contribution in [0.1, 0.15) is 16.7 Å². The molecule has 0 fully saturated rings. The number of amides is 2. The zero-order valence-corrected chi connectivity index (χ0v) is 17.7. The second-order valence-corrected chi connectivity index (χ2v) is 8.94. The number of fused-ring (bicyclic) bond motifs is 1. The number of ether oxygens (including phenoxy) is 1. The molecule has 1 aliphatic heterocycles. The molecule has 2 aromatic heterocycles. The second-order valence-electron chi connectivity index (χ2n) is 6.88. The molecule has 7 heteroatoms. The maximum Gasteiger partial charge on any atom is 0.268 e. The molecular formula is C22H22N2O3S2. The fourth-order valence-electron chi connectivity index (χ4n) is 3.34. The molecule has 4 rings (SSSR count). The molecule has 1 unspecified atom stereocenters. The molecule has 1 aromatic carbocycles. The molecule has 1 aliphatic rings. The molecule has 3 aromatic rings. The van der Waals surface area contributed by atoms with Gasteiger partial charge in [0.1, 0.15) is 12.3 Å². The van der Waals surface area contributed by atoms with Crippen molar-refractivity contribution in [2.24, 2.45) is 0 Å². The lowest BCUT2D eigenvalue weighted by atomic mass is 10.2. The highest BCUT2D eigenvalue weighted by Crippen LogP contribution is 2.33. The molecule has 29 heavy (non-hydrogen) atoms. The summed E-state index contributed by atoms with van der Waals surface area (Å²) in [6, 6.07) is 15.5. The van der Waals surface area contributed by atoms with Crippen molar-refractivity contribution < 1.29 is 14.3 Å². The van der Waals surface area contributed by atoms with E-state index in [2.05, 4.69) is 6.07 Å². The molecule has 0 bridgehead atoms. The summed E-state index contributed by atoms with van der Waals surface area (Å²) >= 11 is 3.33. The highest BCUT2D eigenvalue weighted by Gasteiger charge is 2.33. The molecule has 2 amide bonds. The van der Waals surface area contributed by atoms with Crippen LogP contribution in [0.3, 0.4) is 0 Å². The number of rotatable bonds is 7. The Hall–Kier alpha value is -2.64. The van der Waals surface area contributed by atoms with Gasteiger partial charge in [0.25, 0.3) is 5.91 Å². The van der Waals surface area contributed by atoms with Crippen LogP contribution in [0, 0.1) is 0 Å². The first-order valence-corrected chi connectivity index (χ1v) is 11.3. The van der Waals surface area contributed by atoms with Crippen LogP contribution in [0.15, 0.2) is 59.3 Å². The number of benzene rings is 1. The molecule has 0 N–H and O–H groups in total. The van der Waals surface area contributed by atoms with E-state index in [9.17, 15) is 9.59 Å². The number of anilines is 1. The summed E-state index contributed by atoms with van der Waals surface area (Å²) in [4.78, 5) is 31.8. The fourth-order valence-corrected chi connectivity index (χ4v) is 4.76. The van der Waals surface area contributed by atoms with Crippen LogP contribution < -0.4 is 9.64 Å². The minimum absolute atomic E-state index is 0.0133. The molecular weight excluding hydrogens is 404 g/mol. The Morgan fingerprint density at radius 1 is 1.07 bits per heavy atom. The predicted octanol–water partition coefficient (Wildman–Crippen LogP) is 4.20. The normalized spacial score (nSPS) is 15.7. The van der Waals surface area contributed by atoms with Gasteiger partial charge in [0.05, 0.1) is 12.2 Å². The Morgan fingerprint density at radius 2 is 1.79 bits per heavy atom. The monoisotopic (exact) mass is 426 g/mol. The number of hydrogen-bond donors (Lipinski definition) is 0. The van der Waals surface area contributed by atoms with Gasteiger partial charge in [-0.2, -0.15) is 0 Å². The smallest absolute Gasteiger partial charge is 0.268 e. The van der Waals surface area contributed by atoms with Crippen molar-refractivity contribution in [1.29, 1.82) is 0 Å². The lowest BCUT2D eigenvalue weighted by Crippen LogP contribution is -2.49. The van der Waals surface area contributed by atoms with E-state index in [0.29, 0.717) is 24.5 Å². The zero-order chi connectivity index (χ0) is 20.2. The van der Waals surface area contributed by atoms with E-state index < -0.39 is 6.10 Å². The standard InChI is InChI=1S/C22H22N2O3S2/c1-16-22(26)24(19-8-2-3-9-20(19)27-16)15-21(25)23(14-18-7-5-13-29-18)11-10-17-6-4-12-28-17/h2-9,12-13,16H,10-11,14-15H2,1H3. The summed E-state index contributed by atoms with van der Waals surface area (Å²) in [6.45, 7) is 2.90. The van der Waals surface area contributed by atoms with Gasteiger partial charge in [-0.15, -0.1) is 22.7 Å². The average molecular weight is 427 g/mol. The number of nitrogens with zero attached hydrogens (tertiary/aromatic N) is 2. The van der Waals surface area contributed by atoms with Crippen LogP contribution in [0.2, 0.25) is 0 Å². The summed E-state index contributed by atoms with van der Waals surface area (Å²) in [5.74, 6) is 0.384. The van der Waals surface area contributed by atoms with Crippen molar-refractivity contribution in [2.45, 2.75) is 26.0 Å². The average Bonchev–Trinajstić information content (AvgIpc) is 3.42. The first-order valence-electron chi connectivity index (χ1n) is 9.51. The minimum Gasteiger partial charge on any atom is -0.479 e. The Bertz CT molecular complexity index is 970. The van der Waals surface area contributed by atoms with Gasteiger partial charge in [0.2, 0.25) is 5.91 Å². The van der Waals surface area contributed by atoms with Gasteiger partial charge in [0.15, 0.2) is 6.10 Å². The number of carbonyl (C=O) groups is 2. The molecule has 150 valence electrons. The number of thiophene rings is 2. The highest BCUT2D eigenvalue weighted by molar-refractivity contribution is 7.10. The van der Waals surface area contributed by atoms with Crippen molar-refractivity contribution in [3.63, 3.8) is 0 Å². The van der Waals surface area contributed by atoms with Crippen LogP contribution in [-0.2, 0) is 22.6 Å². The molecule has 0 radical (unpaired) electrons. The van der Waals surface area contributed by atoms with Gasteiger partial charge < -0.3 is 9.64 Å². The van der Waals surface area contributed by atoms with E-state index in [1.54, 1.807) is 34.5 Å². The lowest BCUT2D eigenvalue weighted by Gasteiger charge is -2.34. The third kappa shape index (κ3) is 4.52. The minimum atomic E-state index is -0.602. The van der Waals surface area contributed by atoms with E-state index in [4.69, 9.17) is 4.74 Å². The second kappa shape index (κ2) is 8.80. The molecule has 0 saturated carbocycles. The summed E-state index contributed by atoms with van der Waals surface area (Å²) in [5, 5.41) is 4.06. The third-order valence-corrected chi connectivity index (χ3v) is 6.65. The first-order chi connectivity index (χ1) is 14.1. The van der Waals surface area contributed by atoms with Gasteiger partial charge in [0, 0.05) is 16.3 Å². The van der Waals surface area contributed by atoms with Crippen molar-refractivity contribution >= 4 is 40.2 Å². The van der Waals surface area contributed by atoms with Crippen molar-refractivity contribution in [1.82, 2.24) is 4.90 Å². The molecule has 5 nitrogen and oxygen atoms in total. The first kappa shape index (κ1) is 19.7. The number of hydrogen-bond acceptors (Lipinski definition) is 5. The largest absolute Gasteiger partial charge is 0.479 e. The van der Waals surface area contributed by atoms with Crippen LogP contribution in [0.4, 0.5) is 5.69 Å². The maximum atomic E-state index is 13.3. The van der Waals surface area contributed by atoms with E-state index in [0.717, 1.165) is 11.3 Å². The van der Waals surface area contributed by atoms with Crippen LogP contribution in [0.5, 0.6) is 5.75 Å². The SMILES string of the molecule is CC1Oc2ccccc2N(CC(=O)N(CCc2cccs2)Cc2cccs2)C1=O. The van der Waals surface area contributed by atoms with Crippen molar-refractivity contribution in [3.8, 4) is 5.75 Å². The van der Waals surface area contributed by atoms with Gasteiger partial charge >= 0.3 is 0 Å². The molecule has 3 heterocycles. The zero-order valence-electron chi connectivity index (χ0n) is 16.1. The lowest BCUT2D eigenvalue weighted by molar-refractivity contribution is -0.133. The number of carbonyl (C=O) groups excluding carboxylic acids is 2. The topological polar surface area (TPSA) is 49.9 Å². The van der Waals surface area contributed by atoms with E-state index >= 15 is 0 Å². The number of para-hydroxylation sites is 2. The Morgan fingerprint density at radius 3 is 2.52 bits per heavy atom. The van der Waals surface area contributed by atoms with Gasteiger partial charge in [-0.05, 0) is 48.4 Å². The summed E-state index contributed by atoms with van der Waals surface area (Å²) in [7, 11) is 0. The molecule has 0 aliphatic carbocycles. The van der Waals surface area contributed by atoms with Crippen LogP contribution in [-0.4, -0.2) is 35.9 Å². The molecule has 0 spiro atoms. The highest BCUT2D eigenvalue weighted by atomic mass is 32.1. The van der Waals surface area contributed by atoms with E-state index in [-0.39, 0.29) is 18.4 Å². The van der Waals surface area contributed by atoms with Gasteiger partial charge in [-0.25, -0.2) is 0 Å². The molecule has 1 atom stereocenters. The summed E-state index contributed by atoms with van der Waals surface area (Å²) in [6.07, 6.45) is 0.202. The van der Waals surface area contributed by atoms with Crippen molar-refractivity contribution in [3.05, 3.63) is 69.0 Å². The van der Waals surface area contributed by atoms with E-state index in [1.807, 2.05) is 58.1 Å². The summed E-state index contributed by atoms with van der Waals surface area (Å²) < 4.78 is 5.68. The Kier molecular flexibility index (Phi) is 5.97. The van der Waals surface area contributed by atoms with Crippen LogP contribution in [0.25, 0.3) is 0 Å². The van der Waals surface area contributed by atoms with E-state index in [1.165, 1.54) is 4.88 Å². The van der Waals surface area contributed by atoms with Crippen molar-refractivity contribution in [2.75, 3.05) is 18.0 Å². The van der Waals surface area contributed by atoms with Gasteiger partial charge in [-0.1, -0.05) is 24.3 Å². The third-order valence-electron chi connectivity index (χ3n) is 4.85.